The number of nitrogens with zero attached hydrogens (tertiary/aromatic N) is 1. The van der Waals surface area contributed by atoms with Crippen LogP contribution in [-0.2, 0) is 21.1 Å². The summed E-state index contributed by atoms with van der Waals surface area (Å²) < 4.78 is 0. The van der Waals surface area contributed by atoms with Crippen LogP contribution in [0.15, 0.2) is 12.1 Å². The minimum absolute atomic E-state index is 0. The molecule has 0 amide bonds. The van der Waals surface area contributed by atoms with Crippen LogP contribution in [0.4, 0.5) is 0 Å². The predicted octanol–water partition coefficient (Wildman–Crippen LogP) is 1.50. The molecule has 0 bridgehead atoms. The molecule has 1 rings (SSSR count). The molecule has 1 aromatic heterocycles. The molecule has 0 fully saturated rings. The average Bonchev–Trinajstić information content (AvgIpc) is 1.64. The monoisotopic (exact) mass is 290 g/mol. The summed E-state index contributed by atoms with van der Waals surface area (Å²) in [4.78, 5) is 4.12. The molecule has 1 aromatic rings. The first kappa shape index (κ1) is 8.84. The molecule has 0 saturated carbocycles. The van der Waals surface area contributed by atoms with Gasteiger partial charge in [-0.25, -0.2) is 12.1 Å². The minimum atomic E-state index is 0. The second-order valence-corrected chi connectivity index (χ2v) is 1.82. The van der Waals surface area contributed by atoms with Gasteiger partial charge in [-0.05, 0) is 19.5 Å². The Morgan fingerprint density at radius 1 is 1.44 bits per heavy atom. The largest absolute Gasteiger partial charge is 0.298 e. The maximum absolute atomic E-state index is 4.12. The third-order valence-corrected chi connectivity index (χ3v) is 0.961. The maximum Gasteiger partial charge on any atom is 0 e. The average molecular weight is 290 g/mol. The summed E-state index contributed by atoms with van der Waals surface area (Å²) in [6.45, 7) is 3.91. The molecule has 0 aliphatic rings. The van der Waals surface area contributed by atoms with E-state index in [4.69, 9.17) is 0 Å². The van der Waals surface area contributed by atoms with Gasteiger partial charge in [-0.3, -0.25) is 4.98 Å². The van der Waals surface area contributed by atoms with Crippen LogP contribution in [0.1, 0.15) is 11.4 Å². The second-order valence-electron chi connectivity index (χ2n) is 1.82. The van der Waals surface area contributed by atoms with Gasteiger partial charge in [0.1, 0.15) is 0 Å². The zero-order chi connectivity index (χ0) is 5.98. The molecule has 0 N–H and O–H groups in total. The zero-order valence-electron chi connectivity index (χ0n) is 5.51. The molecule has 0 spiro atoms. The van der Waals surface area contributed by atoms with Crippen molar-refractivity contribution in [3.8, 4) is 0 Å². The summed E-state index contributed by atoms with van der Waals surface area (Å²) in [5, 5.41) is 0. The van der Waals surface area contributed by atoms with Crippen LogP contribution in [0.25, 0.3) is 0 Å². The molecular formula is C7H8NW-. The van der Waals surface area contributed by atoms with Crippen LogP contribution in [0.3, 0.4) is 0 Å². The van der Waals surface area contributed by atoms with Crippen LogP contribution in [-0.4, -0.2) is 4.98 Å². The molecule has 0 unspecified atom stereocenters. The zero-order valence-corrected chi connectivity index (χ0v) is 8.44. The quantitative estimate of drug-likeness (QED) is 0.660. The smallest absolute Gasteiger partial charge is 0 e. The summed E-state index contributed by atoms with van der Waals surface area (Å²) in [6.07, 6.45) is 0. The third kappa shape index (κ3) is 2.76. The van der Waals surface area contributed by atoms with Gasteiger partial charge in [-0.2, -0.15) is 6.07 Å². The van der Waals surface area contributed by atoms with Crippen LogP contribution in [0.2, 0.25) is 0 Å². The molecule has 9 heavy (non-hydrogen) atoms. The molecule has 0 aliphatic heterocycles. The van der Waals surface area contributed by atoms with Gasteiger partial charge in [0.25, 0.3) is 0 Å². The van der Waals surface area contributed by atoms with E-state index >= 15 is 0 Å². The Kier molecular flexibility index (Phi) is 3.72. The number of hydrogen-bond acceptors (Lipinski definition) is 1. The number of aromatic nitrogens is 1. The van der Waals surface area contributed by atoms with Crippen LogP contribution >= 0.6 is 0 Å². The topological polar surface area (TPSA) is 12.9 Å². The van der Waals surface area contributed by atoms with Gasteiger partial charge in [-0.1, -0.05) is 5.69 Å². The van der Waals surface area contributed by atoms with Crippen molar-refractivity contribution in [2.75, 3.05) is 0 Å². The molecule has 0 atom stereocenters. The van der Waals surface area contributed by atoms with E-state index in [1.54, 1.807) is 0 Å². The van der Waals surface area contributed by atoms with Gasteiger partial charge in [0.15, 0.2) is 0 Å². The molecule has 2 heteroatoms. The Hall–Kier alpha value is -0.162. The Morgan fingerprint density at radius 2 is 2.11 bits per heavy atom. The predicted molar refractivity (Wildman–Crippen MR) is 32.5 cm³/mol. The summed E-state index contributed by atoms with van der Waals surface area (Å²) in [6, 6.07) is 6.79. The van der Waals surface area contributed by atoms with Crippen molar-refractivity contribution < 1.29 is 21.1 Å². The van der Waals surface area contributed by atoms with Crippen molar-refractivity contribution >= 4 is 0 Å². The van der Waals surface area contributed by atoms with E-state index in [1.165, 1.54) is 0 Å². The van der Waals surface area contributed by atoms with Crippen molar-refractivity contribution in [1.82, 2.24) is 4.98 Å². The van der Waals surface area contributed by atoms with Gasteiger partial charge < -0.3 is 0 Å². The minimum Gasteiger partial charge on any atom is -0.298 e. The second kappa shape index (κ2) is 3.79. The summed E-state index contributed by atoms with van der Waals surface area (Å²) in [5.74, 6) is 0. The normalized spacial score (nSPS) is 8.22. The van der Waals surface area contributed by atoms with E-state index in [0.717, 1.165) is 11.4 Å². The number of rotatable bonds is 0. The van der Waals surface area contributed by atoms with Crippen LogP contribution < -0.4 is 0 Å². The summed E-state index contributed by atoms with van der Waals surface area (Å²) in [7, 11) is 0. The standard InChI is InChI=1S/C7H8N.W/c1-6-4-3-5-7(2)8-6;/h3-4H,1-2H3;/q-1;. The molecule has 1 heterocycles. The number of pyridine rings is 1. The van der Waals surface area contributed by atoms with Crippen LogP contribution in [0.5, 0.6) is 0 Å². The third-order valence-electron chi connectivity index (χ3n) is 0.961. The molecule has 0 radical (unpaired) electrons. The Morgan fingerprint density at radius 3 is 2.44 bits per heavy atom. The van der Waals surface area contributed by atoms with Crippen molar-refractivity contribution in [3.05, 3.63) is 29.6 Å². The number of hydrogen-bond donors (Lipinski definition) is 0. The first-order chi connectivity index (χ1) is 3.79. The van der Waals surface area contributed by atoms with E-state index < -0.39 is 0 Å². The number of aryl methyl sites for hydroxylation is 2. The van der Waals surface area contributed by atoms with E-state index in [0.29, 0.717) is 0 Å². The SMILES string of the molecule is Cc1[c-]ccc(C)n1.[W]. The van der Waals surface area contributed by atoms with Crippen LogP contribution in [0, 0.1) is 19.9 Å². The molecule has 48 valence electrons. The fourth-order valence-electron chi connectivity index (χ4n) is 0.617. The van der Waals surface area contributed by atoms with Crippen molar-refractivity contribution in [2.45, 2.75) is 13.8 Å². The van der Waals surface area contributed by atoms with Gasteiger partial charge in [0.05, 0.1) is 0 Å². The van der Waals surface area contributed by atoms with Crippen molar-refractivity contribution in [2.24, 2.45) is 0 Å². The van der Waals surface area contributed by atoms with E-state index in [-0.39, 0.29) is 21.1 Å². The first-order valence-corrected chi connectivity index (χ1v) is 2.61. The Bertz CT molecular complexity index is 169. The van der Waals surface area contributed by atoms with E-state index in [2.05, 4.69) is 11.1 Å². The summed E-state index contributed by atoms with van der Waals surface area (Å²) in [5.41, 5.74) is 2.02. The van der Waals surface area contributed by atoms with Crippen molar-refractivity contribution in [1.29, 1.82) is 0 Å². The van der Waals surface area contributed by atoms with Gasteiger partial charge >= 0.3 is 0 Å². The van der Waals surface area contributed by atoms with Gasteiger partial charge in [-0.15, -0.1) is 0 Å². The van der Waals surface area contributed by atoms with Crippen molar-refractivity contribution in [3.63, 3.8) is 0 Å². The summed E-state index contributed by atoms with van der Waals surface area (Å²) >= 11 is 0. The maximum atomic E-state index is 4.12. The fourth-order valence-corrected chi connectivity index (χ4v) is 0.617. The molecule has 0 aliphatic carbocycles. The van der Waals surface area contributed by atoms with E-state index in [9.17, 15) is 0 Å². The Labute approximate surface area is 69.8 Å². The molecule has 0 saturated heterocycles. The molecule has 1 nitrogen and oxygen atoms in total. The molecular weight excluding hydrogens is 282 g/mol. The first-order valence-electron chi connectivity index (χ1n) is 2.61. The van der Waals surface area contributed by atoms with Gasteiger partial charge in [0, 0.05) is 21.1 Å². The van der Waals surface area contributed by atoms with E-state index in [1.807, 2.05) is 26.0 Å². The molecule has 0 aromatic carbocycles. The van der Waals surface area contributed by atoms with Gasteiger partial charge in [0.2, 0.25) is 0 Å². The fraction of sp³-hybridized carbons (Fsp3) is 0.286. The Balaban J connectivity index is 0.000000640.